The van der Waals surface area contributed by atoms with Crippen molar-refractivity contribution in [2.75, 3.05) is 18.1 Å². The van der Waals surface area contributed by atoms with Crippen molar-refractivity contribution in [1.82, 2.24) is 4.68 Å². The highest BCUT2D eigenvalue weighted by Crippen LogP contribution is 2.29. The van der Waals surface area contributed by atoms with Crippen molar-refractivity contribution in [1.29, 1.82) is 0 Å². The Morgan fingerprint density at radius 1 is 1.06 bits per heavy atom. The molecule has 3 rings (SSSR count). The first-order chi connectivity index (χ1) is 8.69. The number of carbonyl (C=O) groups is 2. The fourth-order valence-electron chi connectivity index (χ4n) is 2.35. The number of carbonyl (C=O) groups excluding carboxylic acids is 2. The Kier molecular flexibility index (Phi) is 2.36. The van der Waals surface area contributed by atoms with Crippen LogP contribution in [0.1, 0.15) is 32.1 Å². The van der Waals surface area contributed by atoms with Crippen molar-refractivity contribution in [3.05, 3.63) is 34.7 Å². The number of fused-ring (bicyclic) bond motifs is 1. The van der Waals surface area contributed by atoms with Gasteiger partial charge in [0.15, 0.2) is 5.78 Å². The number of aromatic nitrogens is 1. The monoisotopic (exact) mass is 248 g/mol. The van der Waals surface area contributed by atoms with Gasteiger partial charge in [0, 0.05) is 5.56 Å². The number of hydrogen-bond donors (Lipinski definition) is 2. The summed E-state index contributed by atoms with van der Waals surface area (Å²) in [7, 11) is 0. The van der Waals surface area contributed by atoms with E-state index in [1.807, 2.05) is 5.01 Å². The lowest BCUT2D eigenvalue weighted by Gasteiger charge is -2.13. The molecule has 6 nitrogen and oxygen atoms in total. The summed E-state index contributed by atoms with van der Waals surface area (Å²) in [6.45, 7) is 0.847. The molecule has 2 N–H and O–H groups in total. The highest BCUT2D eigenvalue weighted by molar-refractivity contribution is 6.22. The van der Waals surface area contributed by atoms with Gasteiger partial charge < -0.3 is 15.2 Å². The molecule has 0 spiro atoms. The molecule has 2 aliphatic rings. The molecule has 2 heterocycles. The molecule has 0 saturated carbocycles. The standard InChI is InChI=1S/C12H12N2O4/c15-5-7-8(6-16)14(13-3-4-13)12-10(18)2-1-9(17)11(7)12/h1-2,15-16H,3-6H2. The van der Waals surface area contributed by atoms with Crippen LogP contribution in [0.5, 0.6) is 0 Å². The number of rotatable bonds is 3. The Labute approximate surface area is 103 Å². The van der Waals surface area contributed by atoms with E-state index in [-0.39, 0.29) is 36.0 Å². The zero-order chi connectivity index (χ0) is 12.9. The Morgan fingerprint density at radius 2 is 1.72 bits per heavy atom. The number of nitrogens with zero attached hydrogens (tertiary/aromatic N) is 2. The molecular formula is C12H12N2O4. The van der Waals surface area contributed by atoms with Crippen LogP contribution >= 0.6 is 0 Å². The van der Waals surface area contributed by atoms with Gasteiger partial charge in [-0.1, -0.05) is 0 Å². The van der Waals surface area contributed by atoms with E-state index in [1.54, 1.807) is 4.68 Å². The van der Waals surface area contributed by atoms with E-state index in [4.69, 9.17) is 0 Å². The molecule has 94 valence electrons. The van der Waals surface area contributed by atoms with Gasteiger partial charge in [-0.2, -0.15) is 0 Å². The van der Waals surface area contributed by atoms with Crippen LogP contribution in [-0.4, -0.2) is 39.5 Å². The molecule has 1 saturated heterocycles. The third kappa shape index (κ3) is 1.36. The minimum atomic E-state index is -0.369. The summed E-state index contributed by atoms with van der Waals surface area (Å²) < 4.78 is 1.57. The quantitative estimate of drug-likeness (QED) is 0.695. The first-order valence-electron chi connectivity index (χ1n) is 5.69. The van der Waals surface area contributed by atoms with Crippen molar-refractivity contribution in [3.8, 4) is 0 Å². The molecule has 6 heteroatoms. The third-order valence-electron chi connectivity index (χ3n) is 3.23. The van der Waals surface area contributed by atoms with E-state index >= 15 is 0 Å². The lowest BCUT2D eigenvalue weighted by Crippen LogP contribution is -2.23. The fourth-order valence-corrected chi connectivity index (χ4v) is 2.35. The van der Waals surface area contributed by atoms with Crippen molar-refractivity contribution in [3.63, 3.8) is 0 Å². The van der Waals surface area contributed by atoms with Crippen LogP contribution in [-0.2, 0) is 13.2 Å². The molecule has 0 atom stereocenters. The van der Waals surface area contributed by atoms with Crippen LogP contribution < -0.4 is 5.01 Å². The molecular weight excluding hydrogens is 236 g/mol. The summed E-state index contributed by atoms with van der Waals surface area (Å²) in [6, 6.07) is 0. The molecule has 1 fully saturated rings. The zero-order valence-electron chi connectivity index (χ0n) is 9.59. The van der Waals surface area contributed by atoms with Gasteiger partial charge in [-0.25, -0.2) is 0 Å². The normalized spacial score (nSPS) is 17.3. The fraction of sp³-hybridized carbons (Fsp3) is 0.333. The van der Waals surface area contributed by atoms with Gasteiger partial charge >= 0.3 is 0 Å². The van der Waals surface area contributed by atoms with Gasteiger partial charge in [-0.15, -0.1) is 0 Å². The maximum absolute atomic E-state index is 11.9. The van der Waals surface area contributed by atoms with Gasteiger partial charge in [0.25, 0.3) is 0 Å². The van der Waals surface area contributed by atoms with Crippen LogP contribution in [0.2, 0.25) is 0 Å². The Bertz CT molecular complexity index is 581. The van der Waals surface area contributed by atoms with E-state index in [2.05, 4.69) is 0 Å². The lowest BCUT2D eigenvalue weighted by molar-refractivity contribution is 0.0987. The maximum atomic E-state index is 11.9. The highest BCUT2D eigenvalue weighted by atomic mass is 16.3. The van der Waals surface area contributed by atoms with Crippen LogP contribution in [0, 0.1) is 0 Å². The summed E-state index contributed by atoms with van der Waals surface area (Å²) >= 11 is 0. The van der Waals surface area contributed by atoms with Crippen LogP contribution in [0.25, 0.3) is 0 Å². The van der Waals surface area contributed by atoms with Crippen molar-refractivity contribution in [2.24, 2.45) is 0 Å². The molecule has 0 aromatic carbocycles. The second kappa shape index (κ2) is 3.79. The molecule has 1 aliphatic carbocycles. The first kappa shape index (κ1) is 11.2. The summed E-state index contributed by atoms with van der Waals surface area (Å²) in [5, 5.41) is 20.7. The van der Waals surface area contributed by atoms with Gasteiger partial charge in [-0.05, 0) is 12.2 Å². The number of aliphatic hydroxyl groups excluding tert-OH is 2. The topological polar surface area (TPSA) is 82.5 Å². The molecule has 0 unspecified atom stereocenters. The SMILES string of the molecule is O=C1C=CC(=O)c2c1c(CO)c(CO)n2N1CC1. The predicted molar refractivity (Wildman–Crippen MR) is 62.0 cm³/mol. The van der Waals surface area contributed by atoms with E-state index in [0.29, 0.717) is 11.3 Å². The van der Waals surface area contributed by atoms with Gasteiger partial charge in [0.1, 0.15) is 5.69 Å². The molecule has 0 bridgehead atoms. The second-order valence-electron chi connectivity index (χ2n) is 4.29. The van der Waals surface area contributed by atoms with E-state index in [9.17, 15) is 19.8 Å². The predicted octanol–water partition coefficient (Wildman–Crippen LogP) is -0.641. The van der Waals surface area contributed by atoms with Crippen molar-refractivity contribution < 1.29 is 19.8 Å². The maximum Gasteiger partial charge on any atom is 0.205 e. The van der Waals surface area contributed by atoms with Crippen molar-refractivity contribution >= 4 is 11.6 Å². The smallest absolute Gasteiger partial charge is 0.205 e. The number of ketones is 2. The van der Waals surface area contributed by atoms with Gasteiger partial charge in [0.05, 0.1) is 37.6 Å². The molecule has 0 radical (unpaired) electrons. The second-order valence-corrected chi connectivity index (χ2v) is 4.29. The number of allylic oxidation sites excluding steroid dienone is 2. The van der Waals surface area contributed by atoms with Gasteiger partial charge in [0.2, 0.25) is 5.78 Å². The minimum absolute atomic E-state index is 0.223. The van der Waals surface area contributed by atoms with Crippen molar-refractivity contribution in [2.45, 2.75) is 13.2 Å². The largest absolute Gasteiger partial charge is 0.392 e. The van der Waals surface area contributed by atoms with Crippen LogP contribution in [0.3, 0.4) is 0 Å². The minimum Gasteiger partial charge on any atom is -0.392 e. The average Bonchev–Trinajstić information content (AvgIpc) is 3.14. The lowest BCUT2D eigenvalue weighted by atomic mass is 9.98. The molecule has 1 aliphatic heterocycles. The summed E-state index contributed by atoms with van der Waals surface area (Å²) in [5.41, 5.74) is 1.25. The summed E-state index contributed by atoms with van der Waals surface area (Å²) in [5.74, 6) is -0.574. The molecule has 0 amide bonds. The first-order valence-corrected chi connectivity index (χ1v) is 5.69. The Morgan fingerprint density at radius 3 is 2.28 bits per heavy atom. The van der Waals surface area contributed by atoms with E-state index < -0.39 is 0 Å². The van der Waals surface area contributed by atoms with Crippen LogP contribution in [0.15, 0.2) is 12.2 Å². The van der Waals surface area contributed by atoms with Gasteiger partial charge in [-0.3, -0.25) is 14.3 Å². The zero-order valence-corrected chi connectivity index (χ0v) is 9.59. The average molecular weight is 248 g/mol. The third-order valence-corrected chi connectivity index (χ3v) is 3.23. The van der Waals surface area contributed by atoms with E-state index in [1.165, 1.54) is 12.2 Å². The Balaban J connectivity index is 2.33. The van der Waals surface area contributed by atoms with E-state index in [0.717, 1.165) is 13.1 Å². The summed E-state index contributed by atoms with van der Waals surface area (Å²) in [4.78, 5) is 23.8. The highest BCUT2D eigenvalue weighted by Gasteiger charge is 2.35. The molecule has 18 heavy (non-hydrogen) atoms. The van der Waals surface area contributed by atoms with Crippen LogP contribution in [0.4, 0.5) is 0 Å². The molecule has 1 aromatic rings. The Hall–Kier alpha value is -1.92. The summed E-state index contributed by atoms with van der Waals surface area (Å²) in [6.07, 6.45) is 2.44. The number of aliphatic hydroxyl groups is 2. The molecule has 1 aromatic heterocycles. The number of hydrogen-bond acceptors (Lipinski definition) is 5.